The van der Waals surface area contributed by atoms with Gasteiger partial charge < -0.3 is 10.2 Å². The summed E-state index contributed by atoms with van der Waals surface area (Å²) in [5.74, 6) is -0.416. The fraction of sp³-hybridized carbons (Fsp3) is 0.353. The van der Waals surface area contributed by atoms with E-state index in [1.807, 2.05) is 10.2 Å². The number of amides is 1. The van der Waals surface area contributed by atoms with Crippen LogP contribution in [0.2, 0.25) is 0 Å². The van der Waals surface area contributed by atoms with Crippen LogP contribution < -0.4 is 10.2 Å². The average molecular weight is 404 g/mol. The van der Waals surface area contributed by atoms with Gasteiger partial charge in [0.2, 0.25) is 0 Å². The van der Waals surface area contributed by atoms with Gasteiger partial charge in [-0.05, 0) is 43.2 Å². The number of halogens is 6. The molecule has 2 heterocycles. The molecule has 28 heavy (non-hydrogen) atoms. The lowest BCUT2D eigenvalue weighted by molar-refractivity contribution is -0.143. The third kappa shape index (κ3) is 4.52. The molecular formula is C17H14F6N4O. The van der Waals surface area contributed by atoms with Crippen LogP contribution in [0.3, 0.4) is 0 Å². The number of alkyl halides is 6. The monoisotopic (exact) mass is 404 g/mol. The first kappa shape index (κ1) is 19.9. The number of nitrogens with one attached hydrogen (secondary N) is 1. The zero-order valence-corrected chi connectivity index (χ0v) is 14.2. The molecular weight excluding hydrogens is 390 g/mol. The van der Waals surface area contributed by atoms with Crippen LogP contribution in [0.15, 0.2) is 30.3 Å². The van der Waals surface area contributed by atoms with E-state index in [1.54, 1.807) is 0 Å². The fourth-order valence-corrected chi connectivity index (χ4v) is 2.78. The highest BCUT2D eigenvalue weighted by atomic mass is 19.4. The van der Waals surface area contributed by atoms with E-state index in [-0.39, 0.29) is 11.8 Å². The highest BCUT2D eigenvalue weighted by Crippen LogP contribution is 2.37. The predicted molar refractivity (Wildman–Crippen MR) is 87.9 cm³/mol. The highest BCUT2D eigenvalue weighted by molar-refractivity contribution is 6.02. The SMILES string of the molecule is O=C(Nc1cc(C(F)(F)F)cc(C(F)(F)F)c1)c1ccc(N2CCCC2)nn1. The number of nitrogens with zero attached hydrogens (tertiary/aromatic N) is 3. The second-order valence-electron chi connectivity index (χ2n) is 6.22. The lowest BCUT2D eigenvalue weighted by atomic mass is 10.1. The number of benzene rings is 1. The molecule has 1 aromatic carbocycles. The third-order valence-electron chi connectivity index (χ3n) is 4.16. The minimum absolute atomic E-state index is 0.0136. The van der Waals surface area contributed by atoms with E-state index in [0.717, 1.165) is 25.9 Å². The smallest absolute Gasteiger partial charge is 0.355 e. The van der Waals surface area contributed by atoms with E-state index >= 15 is 0 Å². The minimum Gasteiger partial charge on any atom is -0.355 e. The van der Waals surface area contributed by atoms with Crippen molar-refractivity contribution in [3.63, 3.8) is 0 Å². The van der Waals surface area contributed by atoms with Crippen molar-refractivity contribution in [3.8, 4) is 0 Å². The third-order valence-corrected chi connectivity index (χ3v) is 4.16. The first-order valence-corrected chi connectivity index (χ1v) is 8.23. The van der Waals surface area contributed by atoms with Gasteiger partial charge in [-0.25, -0.2) is 0 Å². The summed E-state index contributed by atoms with van der Waals surface area (Å²) in [6.45, 7) is 1.59. The van der Waals surface area contributed by atoms with E-state index in [9.17, 15) is 31.1 Å². The molecule has 5 nitrogen and oxygen atoms in total. The summed E-state index contributed by atoms with van der Waals surface area (Å²) in [6, 6.07) is 3.69. The molecule has 1 amide bonds. The topological polar surface area (TPSA) is 58.1 Å². The maximum atomic E-state index is 12.9. The molecule has 11 heteroatoms. The van der Waals surface area contributed by atoms with Crippen molar-refractivity contribution in [3.05, 3.63) is 47.2 Å². The van der Waals surface area contributed by atoms with Crippen LogP contribution in [0.4, 0.5) is 37.8 Å². The maximum Gasteiger partial charge on any atom is 0.416 e. The Hall–Kier alpha value is -2.85. The molecule has 0 saturated carbocycles. The zero-order valence-electron chi connectivity index (χ0n) is 14.2. The van der Waals surface area contributed by atoms with Gasteiger partial charge in [0.1, 0.15) is 0 Å². The molecule has 0 bridgehead atoms. The van der Waals surface area contributed by atoms with Crippen molar-refractivity contribution >= 4 is 17.4 Å². The maximum absolute atomic E-state index is 12.9. The van der Waals surface area contributed by atoms with Gasteiger partial charge in [-0.1, -0.05) is 0 Å². The van der Waals surface area contributed by atoms with Crippen LogP contribution in [0, 0.1) is 0 Å². The molecule has 0 unspecified atom stereocenters. The molecule has 150 valence electrons. The van der Waals surface area contributed by atoms with E-state index in [0.29, 0.717) is 18.0 Å². The van der Waals surface area contributed by atoms with Gasteiger partial charge in [-0.3, -0.25) is 4.79 Å². The summed E-state index contributed by atoms with van der Waals surface area (Å²) in [5, 5.41) is 9.62. The Morgan fingerprint density at radius 2 is 1.46 bits per heavy atom. The van der Waals surface area contributed by atoms with Crippen molar-refractivity contribution in [2.45, 2.75) is 25.2 Å². The van der Waals surface area contributed by atoms with Crippen molar-refractivity contribution in [2.75, 3.05) is 23.3 Å². The second kappa shape index (κ2) is 7.28. The number of hydrogen-bond donors (Lipinski definition) is 1. The Morgan fingerprint density at radius 3 is 1.93 bits per heavy atom. The quantitative estimate of drug-likeness (QED) is 0.772. The van der Waals surface area contributed by atoms with Crippen LogP contribution in [0.25, 0.3) is 0 Å². The molecule has 1 aromatic heterocycles. The molecule has 1 fully saturated rings. The molecule has 1 aliphatic rings. The number of rotatable bonds is 3. The van der Waals surface area contributed by atoms with Gasteiger partial charge in [-0.15, -0.1) is 10.2 Å². The Kier molecular flexibility index (Phi) is 5.18. The van der Waals surface area contributed by atoms with Crippen molar-refractivity contribution in [1.29, 1.82) is 0 Å². The Bertz CT molecular complexity index is 825. The number of carbonyl (C=O) groups excluding carboxylic acids is 1. The standard InChI is InChI=1S/C17H14F6N4O/c18-16(19,20)10-7-11(17(21,22)23)9-12(8-10)24-15(28)13-3-4-14(26-25-13)27-5-1-2-6-27/h3-4,7-9H,1-2,5-6H2,(H,24,28). The lowest BCUT2D eigenvalue weighted by Gasteiger charge is -2.16. The van der Waals surface area contributed by atoms with Gasteiger partial charge >= 0.3 is 12.4 Å². The summed E-state index contributed by atoms with van der Waals surface area (Å²) < 4.78 is 77.3. The van der Waals surface area contributed by atoms with E-state index in [2.05, 4.69) is 10.2 Å². The summed E-state index contributed by atoms with van der Waals surface area (Å²) >= 11 is 0. The number of aromatic nitrogens is 2. The fourth-order valence-electron chi connectivity index (χ4n) is 2.78. The molecule has 3 rings (SSSR count). The molecule has 0 aliphatic carbocycles. The van der Waals surface area contributed by atoms with Gasteiger partial charge in [0, 0.05) is 18.8 Å². The molecule has 0 atom stereocenters. The largest absolute Gasteiger partial charge is 0.416 e. The van der Waals surface area contributed by atoms with Crippen molar-refractivity contribution in [2.24, 2.45) is 0 Å². The molecule has 0 spiro atoms. The Morgan fingerprint density at radius 1 is 0.893 bits per heavy atom. The van der Waals surface area contributed by atoms with Crippen LogP contribution in [0.1, 0.15) is 34.5 Å². The van der Waals surface area contributed by atoms with E-state index < -0.39 is 35.1 Å². The number of carbonyl (C=O) groups is 1. The molecule has 2 aromatic rings. The van der Waals surface area contributed by atoms with Gasteiger partial charge in [0.05, 0.1) is 11.1 Å². The zero-order chi connectivity index (χ0) is 20.5. The molecule has 1 aliphatic heterocycles. The minimum atomic E-state index is -5.00. The average Bonchev–Trinajstić information content (AvgIpc) is 3.15. The van der Waals surface area contributed by atoms with Crippen molar-refractivity contribution in [1.82, 2.24) is 10.2 Å². The second-order valence-corrected chi connectivity index (χ2v) is 6.22. The number of anilines is 2. The normalized spacial score (nSPS) is 15.0. The lowest BCUT2D eigenvalue weighted by Crippen LogP contribution is -2.21. The van der Waals surface area contributed by atoms with Crippen molar-refractivity contribution < 1.29 is 31.1 Å². The summed E-state index contributed by atoms with van der Waals surface area (Å²) in [7, 11) is 0. The summed E-state index contributed by atoms with van der Waals surface area (Å²) in [4.78, 5) is 14.1. The van der Waals surface area contributed by atoms with Crippen LogP contribution >= 0.6 is 0 Å². The Balaban J connectivity index is 1.83. The molecule has 1 N–H and O–H groups in total. The Labute approximate surface area is 155 Å². The predicted octanol–water partition coefficient (Wildman–Crippen LogP) is 4.37. The first-order valence-electron chi connectivity index (χ1n) is 8.23. The summed E-state index contributed by atoms with van der Waals surface area (Å²) in [6.07, 6.45) is -8.00. The first-order chi connectivity index (χ1) is 13.0. The van der Waals surface area contributed by atoms with Crippen LogP contribution in [0.5, 0.6) is 0 Å². The van der Waals surface area contributed by atoms with Gasteiger partial charge in [0.15, 0.2) is 11.5 Å². The van der Waals surface area contributed by atoms with Crippen LogP contribution in [-0.4, -0.2) is 29.2 Å². The van der Waals surface area contributed by atoms with Gasteiger partial charge in [0.25, 0.3) is 5.91 Å². The van der Waals surface area contributed by atoms with E-state index in [4.69, 9.17) is 0 Å². The van der Waals surface area contributed by atoms with Gasteiger partial charge in [-0.2, -0.15) is 26.3 Å². The molecule has 0 radical (unpaired) electrons. The van der Waals surface area contributed by atoms with E-state index in [1.165, 1.54) is 12.1 Å². The summed E-state index contributed by atoms with van der Waals surface area (Å²) in [5.41, 5.74) is -3.91. The van der Waals surface area contributed by atoms with Crippen LogP contribution in [-0.2, 0) is 12.4 Å². The highest BCUT2D eigenvalue weighted by Gasteiger charge is 2.37. The molecule has 1 saturated heterocycles. The number of hydrogen-bond acceptors (Lipinski definition) is 4.